The number of hydrogen-bond acceptors (Lipinski definition) is 2. The van der Waals surface area contributed by atoms with Gasteiger partial charge in [0.25, 0.3) is 0 Å². The highest BCUT2D eigenvalue weighted by atomic mass is 35.5. The zero-order valence-corrected chi connectivity index (χ0v) is 10.7. The number of rotatable bonds is 2. The predicted molar refractivity (Wildman–Crippen MR) is 70.5 cm³/mol. The van der Waals surface area contributed by atoms with Crippen molar-refractivity contribution >= 4 is 28.7 Å². The van der Waals surface area contributed by atoms with Crippen molar-refractivity contribution in [3.05, 3.63) is 52.8 Å². The van der Waals surface area contributed by atoms with Gasteiger partial charge in [0.15, 0.2) is 0 Å². The van der Waals surface area contributed by atoms with Crippen molar-refractivity contribution in [1.29, 1.82) is 0 Å². The van der Waals surface area contributed by atoms with Gasteiger partial charge >= 0.3 is 6.18 Å². The summed E-state index contributed by atoms with van der Waals surface area (Å²) in [5, 5.41) is 2.58. The van der Waals surface area contributed by atoms with E-state index in [1.165, 1.54) is 18.2 Å². The van der Waals surface area contributed by atoms with Gasteiger partial charge in [-0.25, -0.2) is 4.39 Å². The quantitative estimate of drug-likeness (QED) is 0.616. The van der Waals surface area contributed by atoms with E-state index in [-0.39, 0.29) is 16.4 Å². The van der Waals surface area contributed by atoms with Crippen molar-refractivity contribution in [2.75, 3.05) is 11.1 Å². The molecule has 0 aliphatic heterocycles. The zero-order valence-electron chi connectivity index (χ0n) is 9.93. The minimum absolute atomic E-state index is 0.124. The maximum absolute atomic E-state index is 13.0. The summed E-state index contributed by atoms with van der Waals surface area (Å²) in [6.07, 6.45) is -4.54. The van der Waals surface area contributed by atoms with Crippen molar-refractivity contribution < 1.29 is 17.6 Å². The molecule has 0 amide bonds. The van der Waals surface area contributed by atoms with E-state index in [4.69, 9.17) is 17.3 Å². The van der Waals surface area contributed by atoms with E-state index in [2.05, 4.69) is 5.32 Å². The van der Waals surface area contributed by atoms with E-state index < -0.39 is 17.6 Å². The van der Waals surface area contributed by atoms with Crippen LogP contribution in [0.15, 0.2) is 36.4 Å². The van der Waals surface area contributed by atoms with Gasteiger partial charge in [-0.05, 0) is 36.4 Å². The molecule has 0 heterocycles. The van der Waals surface area contributed by atoms with Crippen LogP contribution in [0.3, 0.4) is 0 Å². The topological polar surface area (TPSA) is 38.0 Å². The minimum Gasteiger partial charge on any atom is -0.398 e. The highest BCUT2D eigenvalue weighted by Gasteiger charge is 2.33. The molecule has 0 bridgehead atoms. The zero-order chi connectivity index (χ0) is 14.9. The number of nitrogens with two attached hydrogens (primary N) is 1. The molecule has 0 saturated heterocycles. The monoisotopic (exact) mass is 304 g/mol. The lowest BCUT2D eigenvalue weighted by Crippen LogP contribution is -2.09. The van der Waals surface area contributed by atoms with Crippen LogP contribution in [0.25, 0.3) is 0 Å². The average Bonchev–Trinajstić information content (AvgIpc) is 2.35. The number of halogens is 5. The summed E-state index contributed by atoms with van der Waals surface area (Å²) in [7, 11) is 0. The summed E-state index contributed by atoms with van der Waals surface area (Å²) in [6, 6.07) is 7.18. The smallest absolute Gasteiger partial charge is 0.398 e. The van der Waals surface area contributed by atoms with Gasteiger partial charge in [0, 0.05) is 17.1 Å². The summed E-state index contributed by atoms with van der Waals surface area (Å²) < 4.78 is 51.1. The molecule has 0 radical (unpaired) electrons. The van der Waals surface area contributed by atoms with Crippen LogP contribution in [0.4, 0.5) is 34.6 Å². The Kier molecular flexibility index (Phi) is 3.76. The fraction of sp³-hybridized carbons (Fsp3) is 0.0769. The highest BCUT2D eigenvalue weighted by molar-refractivity contribution is 6.31. The van der Waals surface area contributed by atoms with Crippen molar-refractivity contribution in [2.24, 2.45) is 0 Å². The molecule has 20 heavy (non-hydrogen) atoms. The first-order valence-electron chi connectivity index (χ1n) is 5.46. The van der Waals surface area contributed by atoms with Crippen molar-refractivity contribution in [3.63, 3.8) is 0 Å². The first-order valence-corrected chi connectivity index (χ1v) is 5.84. The van der Waals surface area contributed by atoms with E-state index >= 15 is 0 Å². The van der Waals surface area contributed by atoms with Crippen molar-refractivity contribution in [1.82, 2.24) is 0 Å². The lowest BCUT2D eigenvalue weighted by Gasteiger charge is -2.13. The Balaban J connectivity index is 2.32. The second-order valence-electron chi connectivity index (χ2n) is 4.05. The van der Waals surface area contributed by atoms with Crippen LogP contribution in [0.1, 0.15) is 5.56 Å². The highest BCUT2D eigenvalue weighted by Crippen LogP contribution is 2.35. The summed E-state index contributed by atoms with van der Waals surface area (Å²) in [4.78, 5) is 0. The average molecular weight is 305 g/mol. The SMILES string of the molecule is Nc1ccc(Nc2ccc(F)c(Cl)c2)cc1C(F)(F)F. The normalized spacial score (nSPS) is 11.4. The van der Waals surface area contributed by atoms with Crippen LogP contribution in [0, 0.1) is 5.82 Å². The molecule has 0 unspecified atom stereocenters. The van der Waals surface area contributed by atoms with Gasteiger partial charge in [-0.3, -0.25) is 0 Å². The lowest BCUT2D eigenvalue weighted by atomic mass is 10.1. The summed E-state index contributed by atoms with van der Waals surface area (Å²) in [6.45, 7) is 0. The van der Waals surface area contributed by atoms with Gasteiger partial charge in [0.1, 0.15) is 5.82 Å². The molecule has 106 valence electrons. The van der Waals surface area contributed by atoms with E-state index in [1.54, 1.807) is 0 Å². The molecule has 0 aliphatic carbocycles. The van der Waals surface area contributed by atoms with Crippen molar-refractivity contribution in [3.8, 4) is 0 Å². The number of hydrogen-bond donors (Lipinski definition) is 2. The molecular formula is C13H9ClF4N2. The maximum Gasteiger partial charge on any atom is 0.418 e. The van der Waals surface area contributed by atoms with Crippen LogP contribution in [-0.2, 0) is 6.18 Å². The van der Waals surface area contributed by atoms with Gasteiger partial charge in [-0.15, -0.1) is 0 Å². The third-order valence-electron chi connectivity index (χ3n) is 2.57. The first kappa shape index (κ1) is 14.5. The Labute approximate surface area is 117 Å². The van der Waals surface area contributed by atoms with E-state index in [0.29, 0.717) is 5.69 Å². The number of benzene rings is 2. The summed E-state index contributed by atoms with van der Waals surface area (Å²) >= 11 is 5.59. The van der Waals surface area contributed by atoms with Crippen molar-refractivity contribution in [2.45, 2.75) is 6.18 Å². The van der Waals surface area contributed by atoms with Crippen LogP contribution in [-0.4, -0.2) is 0 Å². The molecule has 0 saturated carbocycles. The Morgan fingerprint density at radius 3 is 2.20 bits per heavy atom. The second kappa shape index (κ2) is 5.20. The molecule has 0 fully saturated rings. The fourth-order valence-electron chi connectivity index (χ4n) is 1.62. The van der Waals surface area contributed by atoms with Gasteiger partial charge in [-0.1, -0.05) is 11.6 Å². The Morgan fingerprint density at radius 1 is 1.00 bits per heavy atom. The molecule has 7 heteroatoms. The molecule has 2 aromatic carbocycles. The number of anilines is 3. The second-order valence-corrected chi connectivity index (χ2v) is 4.46. The third-order valence-corrected chi connectivity index (χ3v) is 2.86. The Hall–Kier alpha value is -1.95. The summed E-state index contributed by atoms with van der Waals surface area (Å²) in [5.41, 5.74) is 4.54. The van der Waals surface area contributed by atoms with Crippen LogP contribution < -0.4 is 11.1 Å². The molecule has 2 rings (SSSR count). The number of alkyl halides is 3. The lowest BCUT2D eigenvalue weighted by molar-refractivity contribution is -0.136. The Morgan fingerprint density at radius 2 is 1.60 bits per heavy atom. The minimum atomic E-state index is -4.54. The van der Waals surface area contributed by atoms with E-state index in [9.17, 15) is 17.6 Å². The Bertz CT molecular complexity index is 641. The predicted octanol–water partition coefficient (Wildman–Crippen LogP) is 4.82. The molecule has 2 nitrogen and oxygen atoms in total. The molecule has 0 aromatic heterocycles. The van der Waals surface area contributed by atoms with Gasteiger partial charge in [-0.2, -0.15) is 13.2 Å². The van der Waals surface area contributed by atoms with Gasteiger partial charge < -0.3 is 11.1 Å². The largest absolute Gasteiger partial charge is 0.418 e. The molecule has 0 spiro atoms. The van der Waals surface area contributed by atoms with Gasteiger partial charge in [0.05, 0.1) is 10.6 Å². The standard InChI is InChI=1S/C13H9ClF4N2/c14-10-6-8(1-3-11(10)15)20-7-2-4-12(19)9(5-7)13(16,17)18/h1-6,20H,19H2. The fourth-order valence-corrected chi connectivity index (χ4v) is 1.80. The van der Waals surface area contributed by atoms with Gasteiger partial charge in [0.2, 0.25) is 0 Å². The maximum atomic E-state index is 13.0. The van der Waals surface area contributed by atoms with Crippen LogP contribution in [0.2, 0.25) is 5.02 Å². The molecule has 3 N–H and O–H groups in total. The first-order chi connectivity index (χ1) is 9.27. The molecular weight excluding hydrogens is 296 g/mol. The van der Waals surface area contributed by atoms with Crippen LogP contribution >= 0.6 is 11.6 Å². The number of nitrogen functional groups attached to an aromatic ring is 1. The summed E-state index contributed by atoms with van der Waals surface area (Å²) in [5.74, 6) is -0.606. The molecule has 0 atom stereocenters. The van der Waals surface area contributed by atoms with E-state index in [1.807, 2.05) is 0 Å². The van der Waals surface area contributed by atoms with E-state index in [0.717, 1.165) is 18.2 Å². The molecule has 0 aliphatic rings. The number of nitrogens with one attached hydrogen (secondary N) is 1. The third kappa shape index (κ3) is 3.14. The molecule has 2 aromatic rings. The van der Waals surface area contributed by atoms with Crippen LogP contribution in [0.5, 0.6) is 0 Å².